The van der Waals surface area contributed by atoms with Crippen molar-refractivity contribution >= 4 is 34.9 Å². The molecule has 2 aromatic carbocycles. The molecule has 2 aromatic rings. The molecule has 0 radical (unpaired) electrons. The first-order valence-electron chi connectivity index (χ1n) is 14.7. The molecule has 2 aliphatic heterocycles. The highest BCUT2D eigenvalue weighted by Gasteiger charge is 2.26. The summed E-state index contributed by atoms with van der Waals surface area (Å²) in [6.45, 7) is 14.7. The van der Waals surface area contributed by atoms with Crippen LogP contribution in [0.1, 0.15) is 81.4 Å². The predicted octanol–water partition coefficient (Wildman–Crippen LogP) is 7.43. The van der Waals surface area contributed by atoms with E-state index < -0.39 is 17.0 Å². The molecule has 3 amide bonds. The van der Waals surface area contributed by atoms with E-state index in [9.17, 15) is 14.4 Å². The van der Waals surface area contributed by atoms with E-state index in [2.05, 4.69) is 5.32 Å². The van der Waals surface area contributed by atoms with Crippen LogP contribution in [0.3, 0.4) is 0 Å². The number of benzene rings is 2. The first-order valence-corrected chi connectivity index (χ1v) is 14.7. The minimum Gasteiger partial charge on any atom is -0.444 e. The second-order valence-electron chi connectivity index (χ2n) is 13.0. The molecule has 4 rings (SSSR count). The summed E-state index contributed by atoms with van der Waals surface area (Å²) in [5, 5.41) is 2.81. The van der Waals surface area contributed by atoms with Crippen molar-refractivity contribution in [2.75, 3.05) is 31.5 Å². The number of nitrogens with zero attached hydrogens (tertiary/aromatic N) is 2. The van der Waals surface area contributed by atoms with Crippen molar-refractivity contribution in [2.45, 2.75) is 72.5 Å². The molecule has 0 unspecified atom stereocenters. The lowest BCUT2D eigenvalue weighted by Gasteiger charge is -2.29. The minimum absolute atomic E-state index is 0.323. The van der Waals surface area contributed by atoms with Crippen LogP contribution in [0, 0.1) is 12.7 Å². The molecule has 9 heteroatoms. The number of amides is 3. The molecule has 0 spiro atoms. The molecule has 0 atom stereocenters. The van der Waals surface area contributed by atoms with E-state index in [-0.39, 0.29) is 18.1 Å². The highest BCUT2D eigenvalue weighted by atomic mass is 19.1. The molecule has 0 bridgehead atoms. The van der Waals surface area contributed by atoms with Crippen LogP contribution in [0.2, 0.25) is 0 Å². The van der Waals surface area contributed by atoms with Gasteiger partial charge in [-0.2, -0.15) is 0 Å². The Labute approximate surface area is 253 Å². The molecule has 2 aliphatic rings. The topological polar surface area (TPSA) is 88.2 Å². The van der Waals surface area contributed by atoms with Crippen LogP contribution in [-0.2, 0) is 9.47 Å². The fourth-order valence-corrected chi connectivity index (χ4v) is 5.00. The van der Waals surface area contributed by atoms with Crippen molar-refractivity contribution in [1.29, 1.82) is 0 Å². The van der Waals surface area contributed by atoms with Gasteiger partial charge in [-0.25, -0.2) is 14.0 Å². The Morgan fingerprint density at radius 1 is 0.791 bits per heavy atom. The van der Waals surface area contributed by atoms with Crippen LogP contribution >= 0.6 is 0 Å². The first-order chi connectivity index (χ1) is 20.1. The molecule has 43 heavy (non-hydrogen) atoms. The van der Waals surface area contributed by atoms with E-state index in [1.807, 2.05) is 72.8 Å². The largest absolute Gasteiger partial charge is 0.444 e. The van der Waals surface area contributed by atoms with Crippen LogP contribution < -0.4 is 5.32 Å². The van der Waals surface area contributed by atoms with Gasteiger partial charge >= 0.3 is 12.2 Å². The number of carbonyl (C=O) groups excluding carboxylic acids is 3. The van der Waals surface area contributed by atoms with E-state index in [0.29, 0.717) is 55.8 Å². The number of nitrogens with one attached hydrogen (secondary N) is 1. The molecule has 2 heterocycles. The Morgan fingerprint density at radius 3 is 1.81 bits per heavy atom. The number of ether oxygens (including phenoxy) is 2. The molecule has 0 saturated heterocycles. The van der Waals surface area contributed by atoms with E-state index in [1.165, 1.54) is 6.07 Å². The lowest BCUT2D eigenvalue weighted by atomic mass is 9.95. The SMILES string of the molecule is Cc1cc(C2=CCN(C(=O)OC(C)(C)C)CC2)ccc1C(=O)Nc1ccc(C2=CCN(C(=O)OC(C)(C)C)CC2)c(F)c1. The molecular formula is C34H42FN3O5. The van der Waals surface area contributed by atoms with E-state index >= 15 is 4.39 Å². The third-order valence-corrected chi connectivity index (χ3v) is 7.14. The van der Waals surface area contributed by atoms with Gasteiger partial charge in [0.15, 0.2) is 0 Å². The summed E-state index contributed by atoms with van der Waals surface area (Å²) < 4.78 is 26.0. The maximum atomic E-state index is 15.1. The number of aryl methyl sites for hydroxylation is 1. The van der Waals surface area contributed by atoms with Crippen molar-refractivity contribution in [1.82, 2.24) is 9.80 Å². The average molecular weight is 592 g/mol. The lowest BCUT2D eigenvalue weighted by Crippen LogP contribution is -2.39. The van der Waals surface area contributed by atoms with E-state index in [0.717, 1.165) is 22.3 Å². The van der Waals surface area contributed by atoms with Crippen LogP contribution in [0.5, 0.6) is 0 Å². The van der Waals surface area contributed by atoms with Gasteiger partial charge in [-0.3, -0.25) is 4.79 Å². The van der Waals surface area contributed by atoms with Crippen LogP contribution in [0.4, 0.5) is 19.7 Å². The fraction of sp³-hybridized carbons (Fsp3) is 0.441. The Bertz CT molecular complexity index is 1470. The number of carbonyl (C=O) groups is 3. The molecule has 230 valence electrons. The third-order valence-electron chi connectivity index (χ3n) is 7.14. The van der Waals surface area contributed by atoms with Gasteiger partial charge in [-0.1, -0.05) is 24.3 Å². The molecular weight excluding hydrogens is 549 g/mol. The van der Waals surface area contributed by atoms with Gasteiger partial charge in [0.2, 0.25) is 0 Å². The number of rotatable bonds is 4. The predicted molar refractivity (Wildman–Crippen MR) is 166 cm³/mol. The lowest BCUT2D eigenvalue weighted by molar-refractivity contribution is 0.0260. The fourth-order valence-electron chi connectivity index (χ4n) is 5.00. The standard InChI is InChI=1S/C34H42FN3O5/c1-22-20-25(23-12-16-37(17-13-23)31(40)42-33(2,3)4)8-10-27(22)30(39)36-26-9-11-28(29(35)21-26)24-14-18-38(19-15-24)32(41)43-34(5,6)7/h8-12,14,20-21H,13,15-19H2,1-7H3,(H,36,39). The number of hydrogen-bond donors (Lipinski definition) is 1. The van der Waals surface area contributed by atoms with Crippen molar-refractivity contribution in [2.24, 2.45) is 0 Å². The van der Waals surface area contributed by atoms with Gasteiger partial charge in [-0.15, -0.1) is 0 Å². The maximum absolute atomic E-state index is 15.1. The Hall–Kier alpha value is -4.14. The van der Waals surface area contributed by atoms with Crippen molar-refractivity contribution < 1.29 is 28.2 Å². The summed E-state index contributed by atoms with van der Waals surface area (Å²) in [6, 6.07) is 10.3. The molecule has 0 saturated carbocycles. The zero-order chi connectivity index (χ0) is 31.5. The molecule has 0 fully saturated rings. The number of halogens is 1. The zero-order valence-electron chi connectivity index (χ0n) is 26.2. The molecule has 8 nitrogen and oxygen atoms in total. The average Bonchev–Trinajstić information content (AvgIpc) is 2.91. The van der Waals surface area contributed by atoms with Crippen LogP contribution in [0.25, 0.3) is 11.1 Å². The van der Waals surface area contributed by atoms with Gasteiger partial charge < -0.3 is 24.6 Å². The summed E-state index contributed by atoms with van der Waals surface area (Å²) in [5.41, 5.74) is 3.91. The highest BCUT2D eigenvalue weighted by molar-refractivity contribution is 6.05. The van der Waals surface area contributed by atoms with Crippen molar-refractivity contribution in [3.63, 3.8) is 0 Å². The van der Waals surface area contributed by atoms with Gasteiger partial charge in [0, 0.05) is 43.0 Å². The minimum atomic E-state index is -0.575. The molecule has 0 aromatic heterocycles. The van der Waals surface area contributed by atoms with Crippen molar-refractivity contribution in [3.05, 3.63) is 76.6 Å². The monoisotopic (exact) mass is 591 g/mol. The quantitative estimate of drug-likeness (QED) is 0.399. The second-order valence-corrected chi connectivity index (χ2v) is 13.0. The van der Waals surface area contributed by atoms with Gasteiger partial charge in [0.05, 0.1) is 0 Å². The Kier molecular flexibility index (Phi) is 9.32. The van der Waals surface area contributed by atoms with Gasteiger partial charge in [-0.05, 0) is 108 Å². The number of hydrogen-bond acceptors (Lipinski definition) is 5. The maximum Gasteiger partial charge on any atom is 0.410 e. The summed E-state index contributed by atoms with van der Waals surface area (Å²) >= 11 is 0. The van der Waals surface area contributed by atoms with Crippen LogP contribution in [-0.4, -0.2) is 65.3 Å². The summed E-state index contributed by atoms with van der Waals surface area (Å²) in [4.78, 5) is 41.0. The summed E-state index contributed by atoms with van der Waals surface area (Å²) in [7, 11) is 0. The number of anilines is 1. The van der Waals surface area contributed by atoms with Crippen LogP contribution in [0.15, 0.2) is 48.6 Å². The van der Waals surface area contributed by atoms with Crippen molar-refractivity contribution in [3.8, 4) is 0 Å². The van der Waals surface area contributed by atoms with Gasteiger partial charge in [0.1, 0.15) is 17.0 Å². The van der Waals surface area contributed by atoms with Gasteiger partial charge in [0.25, 0.3) is 5.91 Å². The Morgan fingerprint density at radius 2 is 1.35 bits per heavy atom. The molecule has 1 N–H and O–H groups in total. The highest BCUT2D eigenvalue weighted by Crippen LogP contribution is 2.29. The third kappa shape index (κ3) is 8.46. The summed E-state index contributed by atoms with van der Waals surface area (Å²) in [6.07, 6.45) is 4.34. The second kappa shape index (κ2) is 12.6. The summed E-state index contributed by atoms with van der Waals surface area (Å²) in [5.74, 6) is -0.763. The first kappa shape index (κ1) is 31.8. The van der Waals surface area contributed by atoms with E-state index in [1.54, 1.807) is 28.0 Å². The van der Waals surface area contributed by atoms with E-state index in [4.69, 9.17) is 9.47 Å². The smallest absolute Gasteiger partial charge is 0.410 e. The normalized spacial score (nSPS) is 15.8. The molecule has 0 aliphatic carbocycles. The zero-order valence-corrected chi connectivity index (χ0v) is 26.2. The Balaban J connectivity index is 1.37.